The van der Waals surface area contributed by atoms with Gasteiger partial charge in [0.2, 0.25) is 5.82 Å². The number of hydrogen-bond acceptors (Lipinski definition) is 5. The van der Waals surface area contributed by atoms with E-state index in [9.17, 15) is 0 Å². The zero-order valence-corrected chi connectivity index (χ0v) is 19.2. The minimum Gasteiger partial charge on any atom is -0.461 e. The summed E-state index contributed by atoms with van der Waals surface area (Å²) >= 11 is 0. The molecule has 2 fully saturated rings. The fourth-order valence-corrected chi connectivity index (χ4v) is 4.98. The van der Waals surface area contributed by atoms with Crippen molar-refractivity contribution in [3.63, 3.8) is 0 Å². The molecular formula is C23H37N7O. The monoisotopic (exact) mass is 427 g/mol. The van der Waals surface area contributed by atoms with E-state index in [0.717, 1.165) is 68.8 Å². The van der Waals surface area contributed by atoms with Gasteiger partial charge in [-0.15, -0.1) is 0 Å². The van der Waals surface area contributed by atoms with Crippen LogP contribution >= 0.6 is 0 Å². The molecule has 3 heterocycles. The number of piperazine rings is 1. The second-order valence-corrected chi connectivity index (χ2v) is 9.14. The maximum Gasteiger partial charge on any atom is 0.216 e. The number of nitrogens with one attached hydrogen (secondary N) is 2. The van der Waals surface area contributed by atoms with Crippen LogP contribution in [0.2, 0.25) is 0 Å². The Labute approximate surface area is 185 Å². The minimum absolute atomic E-state index is 0.600. The van der Waals surface area contributed by atoms with Gasteiger partial charge in [0.25, 0.3) is 0 Å². The first-order chi connectivity index (χ1) is 15.1. The van der Waals surface area contributed by atoms with Crippen LogP contribution in [0.4, 0.5) is 0 Å². The molecule has 0 aromatic carbocycles. The Balaban J connectivity index is 1.19. The van der Waals surface area contributed by atoms with E-state index in [1.807, 2.05) is 19.2 Å². The van der Waals surface area contributed by atoms with Crippen LogP contribution in [0.25, 0.3) is 11.6 Å². The molecule has 2 aromatic rings. The third-order valence-electron chi connectivity index (χ3n) is 6.94. The third kappa shape index (κ3) is 5.47. The summed E-state index contributed by atoms with van der Waals surface area (Å²) < 4.78 is 5.35. The highest BCUT2D eigenvalue weighted by Gasteiger charge is 2.29. The highest BCUT2D eigenvalue weighted by molar-refractivity contribution is 5.80. The standard InChI is InChI=1S/C23H37N7O/c1-17(2)18-6-8-19(9-7-18)29-12-14-30(15-13-29)23(24-3)25-11-10-21-26-22(28-27-21)20-5-4-16-31-20/h4-5,16-19H,6-15H2,1-3H3,(H,24,25)(H,26,27,28). The number of nitrogens with zero attached hydrogens (tertiary/aromatic N) is 5. The number of furan rings is 1. The normalized spacial score (nSPS) is 23.5. The summed E-state index contributed by atoms with van der Waals surface area (Å²) in [5, 5.41) is 10.7. The molecule has 0 unspecified atom stereocenters. The lowest BCUT2D eigenvalue weighted by atomic mass is 9.79. The molecule has 1 aliphatic heterocycles. The molecule has 8 heteroatoms. The summed E-state index contributed by atoms with van der Waals surface area (Å²) in [6.07, 6.45) is 7.92. The summed E-state index contributed by atoms with van der Waals surface area (Å²) in [7, 11) is 1.87. The topological polar surface area (TPSA) is 85.6 Å². The molecule has 4 rings (SSSR count). The Morgan fingerprint density at radius 2 is 2.00 bits per heavy atom. The molecule has 1 saturated heterocycles. The van der Waals surface area contributed by atoms with Crippen LogP contribution in [0.5, 0.6) is 0 Å². The van der Waals surface area contributed by atoms with Crippen molar-refractivity contribution in [2.45, 2.75) is 52.0 Å². The van der Waals surface area contributed by atoms with Gasteiger partial charge in [0.1, 0.15) is 5.82 Å². The van der Waals surface area contributed by atoms with E-state index in [-0.39, 0.29) is 0 Å². The van der Waals surface area contributed by atoms with Crippen LogP contribution in [-0.4, -0.2) is 76.8 Å². The largest absolute Gasteiger partial charge is 0.461 e. The Morgan fingerprint density at radius 1 is 1.23 bits per heavy atom. The Bertz CT molecular complexity index is 813. The molecule has 0 radical (unpaired) electrons. The molecule has 0 bridgehead atoms. The van der Waals surface area contributed by atoms with Crippen molar-refractivity contribution in [3.8, 4) is 11.6 Å². The molecule has 31 heavy (non-hydrogen) atoms. The summed E-state index contributed by atoms with van der Waals surface area (Å²) in [4.78, 5) is 14.1. The first-order valence-electron chi connectivity index (χ1n) is 11.8. The van der Waals surface area contributed by atoms with Gasteiger partial charge in [-0.05, 0) is 49.7 Å². The smallest absolute Gasteiger partial charge is 0.216 e. The molecular weight excluding hydrogens is 390 g/mol. The number of aromatic amines is 1. The molecule has 170 valence electrons. The van der Waals surface area contributed by atoms with Gasteiger partial charge in [-0.25, -0.2) is 4.98 Å². The highest BCUT2D eigenvalue weighted by Crippen LogP contribution is 2.32. The molecule has 0 atom stereocenters. The minimum atomic E-state index is 0.600. The predicted octanol–water partition coefficient (Wildman–Crippen LogP) is 3.02. The van der Waals surface area contributed by atoms with Crippen LogP contribution in [-0.2, 0) is 6.42 Å². The summed E-state index contributed by atoms with van der Waals surface area (Å²) in [5.41, 5.74) is 0. The predicted molar refractivity (Wildman–Crippen MR) is 123 cm³/mol. The molecule has 2 aliphatic rings. The second kappa shape index (κ2) is 10.3. The van der Waals surface area contributed by atoms with Crippen molar-refractivity contribution in [2.75, 3.05) is 39.8 Å². The molecule has 0 spiro atoms. The first kappa shape index (κ1) is 21.9. The lowest BCUT2D eigenvalue weighted by Gasteiger charge is -2.43. The maximum absolute atomic E-state index is 5.35. The molecule has 8 nitrogen and oxygen atoms in total. The first-order valence-corrected chi connectivity index (χ1v) is 11.8. The van der Waals surface area contributed by atoms with Gasteiger partial charge in [0.15, 0.2) is 11.7 Å². The average Bonchev–Trinajstić information content (AvgIpc) is 3.49. The SMILES string of the molecule is CN=C(NCCc1nc(-c2ccco2)n[nH]1)N1CCN(C2CCC(C(C)C)CC2)CC1. The van der Waals surface area contributed by atoms with Gasteiger partial charge >= 0.3 is 0 Å². The van der Waals surface area contributed by atoms with E-state index >= 15 is 0 Å². The number of aliphatic imine (C=N–C) groups is 1. The number of rotatable bonds is 6. The Morgan fingerprint density at radius 3 is 2.65 bits per heavy atom. The van der Waals surface area contributed by atoms with Gasteiger partial charge in [-0.3, -0.25) is 15.0 Å². The lowest BCUT2D eigenvalue weighted by Crippen LogP contribution is -2.55. The van der Waals surface area contributed by atoms with Crippen molar-refractivity contribution in [1.82, 2.24) is 30.3 Å². The van der Waals surface area contributed by atoms with E-state index in [0.29, 0.717) is 11.6 Å². The molecule has 0 amide bonds. The van der Waals surface area contributed by atoms with E-state index in [4.69, 9.17) is 4.42 Å². The van der Waals surface area contributed by atoms with Crippen molar-refractivity contribution in [1.29, 1.82) is 0 Å². The molecule has 2 N–H and O–H groups in total. The fourth-order valence-electron chi connectivity index (χ4n) is 4.98. The summed E-state index contributed by atoms with van der Waals surface area (Å²) in [6.45, 7) is 9.85. The third-order valence-corrected chi connectivity index (χ3v) is 6.94. The van der Waals surface area contributed by atoms with Crippen molar-refractivity contribution in [2.24, 2.45) is 16.8 Å². The Hall–Kier alpha value is -2.35. The molecule has 2 aromatic heterocycles. The van der Waals surface area contributed by atoms with Crippen molar-refractivity contribution < 1.29 is 4.42 Å². The van der Waals surface area contributed by atoms with Gasteiger partial charge in [0, 0.05) is 52.2 Å². The van der Waals surface area contributed by atoms with Crippen LogP contribution in [0.15, 0.2) is 27.8 Å². The van der Waals surface area contributed by atoms with Gasteiger partial charge in [0.05, 0.1) is 6.26 Å². The van der Waals surface area contributed by atoms with Crippen molar-refractivity contribution in [3.05, 3.63) is 24.2 Å². The summed E-state index contributed by atoms with van der Waals surface area (Å²) in [5.74, 6) is 4.87. The van der Waals surface area contributed by atoms with Crippen LogP contribution in [0, 0.1) is 11.8 Å². The number of H-pyrrole nitrogens is 1. The van der Waals surface area contributed by atoms with E-state index in [2.05, 4.69) is 49.1 Å². The summed E-state index contributed by atoms with van der Waals surface area (Å²) in [6, 6.07) is 4.48. The molecule has 1 aliphatic carbocycles. The zero-order chi connectivity index (χ0) is 21.6. The van der Waals surface area contributed by atoms with Gasteiger partial charge in [-0.2, -0.15) is 5.10 Å². The number of hydrogen-bond donors (Lipinski definition) is 2. The van der Waals surface area contributed by atoms with E-state index < -0.39 is 0 Å². The van der Waals surface area contributed by atoms with Crippen LogP contribution in [0.1, 0.15) is 45.4 Å². The number of guanidine groups is 1. The van der Waals surface area contributed by atoms with E-state index in [1.165, 1.54) is 25.7 Å². The second-order valence-electron chi connectivity index (χ2n) is 9.14. The molecule has 1 saturated carbocycles. The van der Waals surface area contributed by atoms with Gasteiger partial charge < -0.3 is 14.6 Å². The number of aromatic nitrogens is 3. The average molecular weight is 428 g/mol. The zero-order valence-electron chi connectivity index (χ0n) is 19.2. The Kier molecular flexibility index (Phi) is 7.27. The van der Waals surface area contributed by atoms with Crippen LogP contribution in [0.3, 0.4) is 0 Å². The van der Waals surface area contributed by atoms with Crippen molar-refractivity contribution >= 4 is 5.96 Å². The highest BCUT2D eigenvalue weighted by atomic mass is 16.3. The van der Waals surface area contributed by atoms with E-state index in [1.54, 1.807) is 6.26 Å². The maximum atomic E-state index is 5.35. The quantitative estimate of drug-likeness (QED) is 0.544. The van der Waals surface area contributed by atoms with Gasteiger partial charge in [-0.1, -0.05) is 13.8 Å². The fraction of sp³-hybridized carbons (Fsp3) is 0.696. The van der Waals surface area contributed by atoms with Crippen LogP contribution < -0.4 is 5.32 Å². The lowest BCUT2D eigenvalue weighted by molar-refractivity contribution is 0.0864.